The van der Waals surface area contributed by atoms with Crippen LogP contribution in [-0.2, 0) is 37.2 Å². The molecule has 3 heterocycles. The van der Waals surface area contributed by atoms with Gasteiger partial charge in [0.15, 0.2) is 5.82 Å². The zero-order chi connectivity index (χ0) is 43.7. The van der Waals surface area contributed by atoms with Crippen LogP contribution in [0.3, 0.4) is 0 Å². The van der Waals surface area contributed by atoms with E-state index in [0.717, 1.165) is 11.4 Å². The number of hydrazine groups is 1. The fourth-order valence-electron chi connectivity index (χ4n) is 9.93. The van der Waals surface area contributed by atoms with Crippen molar-refractivity contribution in [2.45, 2.75) is 36.8 Å². The number of hydrogen-bond acceptors (Lipinski definition) is 8. The predicted molar refractivity (Wildman–Crippen MR) is 228 cm³/mol. The van der Waals surface area contributed by atoms with E-state index >= 15 is 9.59 Å². The van der Waals surface area contributed by atoms with Crippen LogP contribution in [-0.4, -0.2) is 38.7 Å². The number of phenolic OH excluding ortho intramolecular Hbond substituents is 1. The number of fused-ring (bicyclic) bond motifs is 4. The van der Waals surface area contributed by atoms with E-state index in [4.69, 9.17) is 23.2 Å². The van der Waals surface area contributed by atoms with Gasteiger partial charge in [-0.3, -0.25) is 29.5 Å². The van der Waals surface area contributed by atoms with E-state index in [9.17, 15) is 27.9 Å². The quantitative estimate of drug-likeness (QED) is 0.0986. The first-order valence-electron chi connectivity index (χ1n) is 19.8. The van der Waals surface area contributed by atoms with Crippen LogP contribution in [0.5, 0.6) is 5.75 Å². The molecule has 5 aromatic rings. The maximum absolute atomic E-state index is 15.5. The van der Waals surface area contributed by atoms with Gasteiger partial charge >= 0.3 is 6.18 Å². The van der Waals surface area contributed by atoms with Gasteiger partial charge in [-0.25, -0.2) is 4.98 Å². The second-order valence-corrected chi connectivity index (χ2v) is 16.7. The molecule has 0 radical (unpaired) electrons. The zero-order valence-corrected chi connectivity index (χ0v) is 34.1. The summed E-state index contributed by atoms with van der Waals surface area (Å²) in [7, 11) is 0. The maximum atomic E-state index is 15.5. The zero-order valence-electron chi connectivity index (χ0n) is 32.6. The fraction of sp³-hybridized carbons (Fsp3) is 0.213. The van der Waals surface area contributed by atoms with Crippen molar-refractivity contribution < 1.29 is 37.5 Å². The third kappa shape index (κ3) is 6.53. The van der Waals surface area contributed by atoms with Gasteiger partial charge in [-0.2, -0.15) is 18.2 Å². The lowest BCUT2D eigenvalue weighted by atomic mass is 9.49. The average molecular weight is 879 g/mol. The molecule has 10 nitrogen and oxygen atoms in total. The molecule has 0 spiro atoms. The molecule has 3 fully saturated rings. The minimum atomic E-state index is -4.77. The third-order valence-corrected chi connectivity index (χ3v) is 13.1. The molecule has 3 N–H and O–H groups in total. The number of rotatable bonds is 9. The molecule has 2 aliphatic heterocycles. The molecular weight excluding hydrogens is 842 g/mol. The van der Waals surface area contributed by atoms with E-state index in [2.05, 4.69) is 22.3 Å². The van der Waals surface area contributed by atoms with Gasteiger partial charge in [0.25, 0.3) is 11.8 Å². The Morgan fingerprint density at radius 2 is 1.58 bits per heavy atom. The molecule has 0 unspecified atom stereocenters. The van der Waals surface area contributed by atoms with Gasteiger partial charge in [-0.15, -0.1) is 6.58 Å². The van der Waals surface area contributed by atoms with Gasteiger partial charge < -0.3 is 10.4 Å². The van der Waals surface area contributed by atoms with Crippen molar-refractivity contribution in [3.8, 4) is 5.75 Å². The van der Waals surface area contributed by atoms with Crippen LogP contribution in [0.1, 0.15) is 41.0 Å². The Morgan fingerprint density at radius 1 is 0.871 bits per heavy atom. The van der Waals surface area contributed by atoms with Crippen molar-refractivity contribution in [3.63, 3.8) is 0 Å². The number of imide groups is 2. The highest BCUT2D eigenvalue weighted by Crippen LogP contribution is 2.65. The first-order valence-corrected chi connectivity index (χ1v) is 20.5. The van der Waals surface area contributed by atoms with E-state index in [1.807, 2.05) is 36.4 Å². The molecule has 4 aromatic carbocycles. The second kappa shape index (κ2) is 15.5. The Labute approximate surface area is 363 Å². The molecular formula is C47H36Cl2F3N5O5. The Hall–Kier alpha value is -6.44. The first kappa shape index (κ1) is 40.9. The maximum Gasteiger partial charge on any atom is 0.417 e. The highest BCUT2D eigenvalue weighted by molar-refractivity contribution is 6.33. The Morgan fingerprint density at radius 3 is 2.26 bits per heavy atom. The van der Waals surface area contributed by atoms with E-state index in [-0.39, 0.29) is 30.8 Å². The standard InChI is InChI=1S/C47H36Cl2F3N5O5/c1-2-7-25-8-6-11-34(40(25)58)39-32-20-21-33-38(44(61)56(42(33)59)31-18-16-30(17-19-31)54-29-9-4-3-5-10-29)35(32)23-36-43(60)57(45(62)46(36,39)26-12-14-28(48)15-13-26)55-41-37(49)22-27(24-53-41)47(50,51)52/h2-6,8-20,22,24,33,35-36,38-39,54,58H,1,7,21,23H2,(H,53,55)/t33-,35+,36-,38-,39+,46+/m0/s1. The molecule has 2 aliphatic carbocycles. The topological polar surface area (TPSA) is 132 Å². The molecule has 0 bridgehead atoms. The Balaban J connectivity index is 1.17. The van der Waals surface area contributed by atoms with Crippen molar-refractivity contribution in [1.82, 2.24) is 9.99 Å². The molecule has 4 amide bonds. The largest absolute Gasteiger partial charge is 0.507 e. The number of amides is 4. The molecule has 1 saturated carbocycles. The number of hydrogen-bond donors (Lipinski definition) is 3. The molecule has 6 atom stereocenters. The van der Waals surface area contributed by atoms with Crippen LogP contribution in [0.25, 0.3) is 0 Å². The van der Waals surface area contributed by atoms with Crippen LogP contribution in [0, 0.1) is 23.7 Å². The van der Waals surface area contributed by atoms with Gasteiger partial charge in [-0.1, -0.05) is 89.5 Å². The number of anilines is 4. The van der Waals surface area contributed by atoms with Gasteiger partial charge in [0, 0.05) is 34.1 Å². The summed E-state index contributed by atoms with van der Waals surface area (Å²) >= 11 is 12.7. The van der Waals surface area contributed by atoms with Crippen LogP contribution in [0.2, 0.25) is 10.0 Å². The van der Waals surface area contributed by atoms with Crippen molar-refractivity contribution in [3.05, 3.63) is 166 Å². The van der Waals surface area contributed by atoms with Gasteiger partial charge in [-0.05, 0) is 90.9 Å². The minimum Gasteiger partial charge on any atom is -0.507 e. The van der Waals surface area contributed by atoms with E-state index in [0.29, 0.717) is 50.2 Å². The number of aromatic hydroxyl groups is 1. The summed E-state index contributed by atoms with van der Waals surface area (Å²) in [4.78, 5) is 64.7. The van der Waals surface area contributed by atoms with Gasteiger partial charge in [0.1, 0.15) is 5.75 Å². The highest BCUT2D eigenvalue weighted by Gasteiger charge is 2.71. The third-order valence-electron chi connectivity index (χ3n) is 12.6. The van der Waals surface area contributed by atoms with Crippen LogP contribution in [0.15, 0.2) is 134 Å². The molecule has 1 aromatic heterocycles. The molecule has 2 saturated heterocycles. The van der Waals surface area contributed by atoms with E-state index < -0.39 is 75.4 Å². The smallest absolute Gasteiger partial charge is 0.417 e. The summed E-state index contributed by atoms with van der Waals surface area (Å²) in [5.74, 6) is -7.81. The Bertz CT molecular complexity index is 2700. The fourth-order valence-corrected chi connectivity index (χ4v) is 10.3. The van der Waals surface area contributed by atoms with Crippen molar-refractivity contribution in [2.24, 2.45) is 23.7 Å². The number of para-hydroxylation sites is 2. The number of benzene rings is 4. The number of alkyl halides is 3. The number of carbonyl (C=O) groups is 4. The monoisotopic (exact) mass is 877 g/mol. The number of allylic oxidation sites excluding steroid dienone is 3. The molecule has 9 rings (SSSR count). The molecule has 4 aliphatic rings. The minimum absolute atomic E-state index is 0.0804. The van der Waals surface area contributed by atoms with Crippen molar-refractivity contribution in [2.75, 3.05) is 15.6 Å². The van der Waals surface area contributed by atoms with Gasteiger partial charge in [0.2, 0.25) is 11.8 Å². The number of halogens is 5. The summed E-state index contributed by atoms with van der Waals surface area (Å²) in [6, 6.07) is 28.6. The summed E-state index contributed by atoms with van der Waals surface area (Å²) in [5, 5.41) is 15.9. The normalized spacial score (nSPS) is 24.3. The number of carbonyl (C=O) groups excluding carboxylic acids is 4. The lowest BCUT2D eigenvalue weighted by molar-refractivity contribution is -0.139. The molecule has 15 heteroatoms. The van der Waals surface area contributed by atoms with Crippen LogP contribution in [0.4, 0.5) is 36.1 Å². The van der Waals surface area contributed by atoms with E-state index in [1.165, 1.54) is 4.90 Å². The summed E-state index contributed by atoms with van der Waals surface area (Å²) in [6.45, 7) is 3.83. The summed E-state index contributed by atoms with van der Waals surface area (Å²) in [6.07, 6.45) is -0.451. The molecule has 314 valence electrons. The number of pyridine rings is 1. The van der Waals surface area contributed by atoms with E-state index in [1.54, 1.807) is 72.8 Å². The highest BCUT2D eigenvalue weighted by atomic mass is 35.5. The number of aromatic nitrogens is 1. The number of phenols is 1. The van der Waals surface area contributed by atoms with Crippen LogP contribution < -0.4 is 15.6 Å². The summed E-state index contributed by atoms with van der Waals surface area (Å²) < 4.78 is 40.7. The van der Waals surface area contributed by atoms with Crippen molar-refractivity contribution in [1.29, 1.82) is 0 Å². The predicted octanol–water partition coefficient (Wildman–Crippen LogP) is 9.77. The van der Waals surface area contributed by atoms with Crippen molar-refractivity contribution >= 4 is 69.7 Å². The number of nitrogens with zero attached hydrogens (tertiary/aromatic N) is 3. The summed E-state index contributed by atoms with van der Waals surface area (Å²) in [5.41, 5.74) is 3.37. The average Bonchev–Trinajstić information content (AvgIpc) is 3.63. The SMILES string of the molecule is C=CCc1cccc([C@H]2C3=CC[C@@H]4C(=O)N(c5ccc(Nc6ccccc6)cc5)C(=O)[C@@H]4[C@@H]3C[C@H]3C(=O)N(Nc4ncc(C(F)(F)F)cc4Cl)C(=O)[C@@]23c2ccc(Cl)cc2)c1O. The molecule has 62 heavy (non-hydrogen) atoms. The van der Waals surface area contributed by atoms with Gasteiger partial charge in [0.05, 0.1) is 39.4 Å². The number of nitrogens with one attached hydrogen (secondary N) is 2. The Kier molecular flexibility index (Phi) is 10.2. The lowest BCUT2D eigenvalue weighted by Gasteiger charge is -2.50. The second-order valence-electron chi connectivity index (χ2n) is 15.8. The van der Waals surface area contributed by atoms with Crippen LogP contribution >= 0.6 is 23.2 Å². The lowest BCUT2D eigenvalue weighted by Crippen LogP contribution is -2.53. The first-order chi connectivity index (χ1) is 29.7.